The van der Waals surface area contributed by atoms with Crippen molar-refractivity contribution in [1.82, 2.24) is 14.1 Å². The molecule has 2 aliphatic heterocycles. The van der Waals surface area contributed by atoms with Gasteiger partial charge in [-0.3, -0.25) is 4.90 Å². The van der Waals surface area contributed by atoms with E-state index >= 15 is 0 Å². The lowest BCUT2D eigenvalue weighted by Crippen LogP contribution is -2.47. The predicted octanol–water partition coefficient (Wildman–Crippen LogP) is 1.14. The molecule has 3 heterocycles. The summed E-state index contributed by atoms with van der Waals surface area (Å²) in [5.74, 6) is -1.07. The molecule has 2 N–H and O–H groups in total. The maximum atomic E-state index is 14.0. The minimum atomic E-state index is -3.40. The largest absolute Gasteiger partial charge is 0.370 e. The van der Waals surface area contributed by atoms with Crippen LogP contribution < -0.4 is 5.73 Å². The van der Waals surface area contributed by atoms with E-state index in [1.54, 1.807) is 0 Å². The van der Waals surface area contributed by atoms with Crippen LogP contribution in [0.15, 0.2) is 24.4 Å². The van der Waals surface area contributed by atoms with Gasteiger partial charge in [-0.2, -0.15) is 9.19 Å². The van der Waals surface area contributed by atoms with Crippen LogP contribution in [0.3, 0.4) is 0 Å². The van der Waals surface area contributed by atoms with E-state index in [0.29, 0.717) is 31.8 Å². The molecule has 0 saturated carbocycles. The SMILES string of the molecule is CS(=O)(=O)n1cc2c(n1)CN([C@@H]1CO[C@H](c3cc(F)ccc3F)[C@H](N)C1)C2. The third-order valence-corrected chi connectivity index (χ3v) is 5.97. The van der Waals surface area contributed by atoms with Crippen LogP contribution in [0.25, 0.3) is 0 Å². The summed E-state index contributed by atoms with van der Waals surface area (Å²) in [4.78, 5) is 2.11. The number of hydrogen-bond donors (Lipinski definition) is 1. The van der Waals surface area contributed by atoms with Crippen LogP contribution in [0.2, 0.25) is 0 Å². The molecule has 1 fully saturated rings. The molecule has 10 heteroatoms. The van der Waals surface area contributed by atoms with Gasteiger partial charge >= 0.3 is 0 Å². The Morgan fingerprint density at radius 1 is 1.30 bits per heavy atom. The van der Waals surface area contributed by atoms with Gasteiger partial charge in [0.15, 0.2) is 0 Å². The standard InChI is InChI=1S/C17H20F2N4O3S/c1-27(24,25)23-7-10-6-22(8-16(10)21-23)12-5-15(20)17(26-9-12)13-4-11(18)2-3-14(13)19/h2-4,7,12,15,17H,5-6,8-9,20H2,1H3/t12-,15+,17+/m0/s1. The Morgan fingerprint density at radius 3 is 2.74 bits per heavy atom. The highest BCUT2D eigenvalue weighted by molar-refractivity contribution is 7.89. The van der Waals surface area contributed by atoms with Crippen LogP contribution in [-0.4, -0.2) is 47.4 Å². The Balaban J connectivity index is 1.44. The summed E-state index contributed by atoms with van der Waals surface area (Å²) in [5, 5.41) is 4.13. The fourth-order valence-corrected chi connectivity index (χ4v) is 4.30. The fourth-order valence-electron chi connectivity index (χ4n) is 3.73. The van der Waals surface area contributed by atoms with Crippen LogP contribution in [0.1, 0.15) is 29.3 Å². The van der Waals surface area contributed by atoms with E-state index in [2.05, 4.69) is 10.00 Å². The molecule has 7 nitrogen and oxygen atoms in total. The molecule has 4 rings (SSSR count). The number of ether oxygens (including phenoxy) is 1. The van der Waals surface area contributed by atoms with E-state index in [0.717, 1.165) is 34.1 Å². The second kappa shape index (κ2) is 6.62. The van der Waals surface area contributed by atoms with Gasteiger partial charge in [-0.15, -0.1) is 0 Å². The van der Waals surface area contributed by atoms with Gasteiger partial charge in [0.1, 0.15) is 17.7 Å². The molecule has 27 heavy (non-hydrogen) atoms. The summed E-state index contributed by atoms with van der Waals surface area (Å²) in [6, 6.07) is 2.78. The van der Waals surface area contributed by atoms with E-state index in [4.69, 9.17) is 10.5 Å². The molecule has 2 aromatic rings. The lowest BCUT2D eigenvalue weighted by atomic mass is 9.93. The zero-order valence-electron chi connectivity index (χ0n) is 14.7. The maximum absolute atomic E-state index is 14.0. The number of halogens is 2. The zero-order chi connectivity index (χ0) is 19.3. The summed E-state index contributed by atoms with van der Waals surface area (Å²) in [6.45, 7) is 1.37. The molecule has 1 saturated heterocycles. The average molecular weight is 398 g/mol. The number of aromatic nitrogens is 2. The first kappa shape index (κ1) is 18.5. The lowest BCUT2D eigenvalue weighted by Gasteiger charge is -2.38. The van der Waals surface area contributed by atoms with Crippen molar-refractivity contribution < 1.29 is 21.9 Å². The van der Waals surface area contributed by atoms with Crippen LogP contribution in [0, 0.1) is 11.6 Å². The minimum Gasteiger partial charge on any atom is -0.370 e. The van der Waals surface area contributed by atoms with Crippen molar-refractivity contribution in [2.45, 2.75) is 37.7 Å². The zero-order valence-corrected chi connectivity index (χ0v) is 15.5. The number of fused-ring (bicyclic) bond motifs is 1. The first-order valence-corrected chi connectivity index (χ1v) is 10.4. The average Bonchev–Trinajstić information content (AvgIpc) is 3.16. The number of nitrogens with zero attached hydrogens (tertiary/aromatic N) is 3. The van der Waals surface area contributed by atoms with Gasteiger partial charge in [-0.05, 0) is 24.6 Å². The molecule has 1 aromatic carbocycles. The van der Waals surface area contributed by atoms with Crippen molar-refractivity contribution in [2.75, 3.05) is 12.9 Å². The Morgan fingerprint density at radius 2 is 2.07 bits per heavy atom. The van der Waals surface area contributed by atoms with Crippen LogP contribution in [-0.2, 0) is 27.8 Å². The van der Waals surface area contributed by atoms with Crippen molar-refractivity contribution in [3.05, 3.63) is 52.9 Å². The molecule has 1 aromatic heterocycles. The van der Waals surface area contributed by atoms with E-state index in [1.165, 1.54) is 6.20 Å². The van der Waals surface area contributed by atoms with Crippen molar-refractivity contribution >= 4 is 10.0 Å². The summed E-state index contributed by atoms with van der Waals surface area (Å²) in [7, 11) is -3.40. The molecular formula is C17H20F2N4O3S. The summed E-state index contributed by atoms with van der Waals surface area (Å²) >= 11 is 0. The number of rotatable bonds is 3. The monoisotopic (exact) mass is 398 g/mol. The second-order valence-corrected chi connectivity index (χ2v) is 8.95. The molecule has 0 amide bonds. The summed E-state index contributed by atoms with van der Waals surface area (Å²) in [6.07, 6.45) is 2.49. The Labute approximate surface area is 155 Å². The Hall–Kier alpha value is -1.88. The molecule has 146 valence electrons. The van der Waals surface area contributed by atoms with Crippen molar-refractivity contribution in [3.63, 3.8) is 0 Å². The van der Waals surface area contributed by atoms with E-state index in [1.807, 2.05) is 0 Å². The highest BCUT2D eigenvalue weighted by Crippen LogP contribution is 2.34. The number of nitrogens with two attached hydrogens (primary N) is 1. The third-order valence-electron chi connectivity index (χ3n) is 5.10. The van der Waals surface area contributed by atoms with Gasteiger partial charge in [-0.25, -0.2) is 17.2 Å². The first-order chi connectivity index (χ1) is 12.7. The highest BCUT2D eigenvalue weighted by Gasteiger charge is 2.37. The molecule has 0 unspecified atom stereocenters. The van der Waals surface area contributed by atoms with Gasteiger partial charge < -0.3 is 10.5 Å². The van der Waals surface area contributed by atoms with Crippen molar-refractivity contribution in [1.29, 1.82) is 0 Å². The maximum Gasteiger partial charge on any atom is 0.250 e. The number of hydrogen-bond acceptors (Lipinski definition) is 6. The van der Waals surface area contributed by atoms with E-state index in [9.17, 15) is 17.2 Å². The van der Waals surface area contributed by atoms with Crippen LogP contribution in [0.4, 0.5) is 8.78 Å². The summed E-state index contributed by atoms with van der Waals surface area (Å²) < 4.78 is 57.4. The molecular weight excluding hydrogens is 378 g/mol. The predicted molar refractivity (Wildman–Crippen MR) is 93.1 cm³/mol. The van der Waals surface area contributed by atoms with Gasteiger partial charge in [0, 0.05) is 42.5 Å². The van der Waals surface area contributed by atoms with E-state index < -0.39 is 33.8 Å². The fraction of sp³-hybridized carbons (Fsp3) is 0.471. The second-order valence-electron chi connectivity index (χ2n) is 7.11. The lowest BCUT2D eigenvalue weighted by molar-refractivity contribution is -0.0533. The number of benzene rings is 1. The Kier molecular flexibility index (Phi) is 4.53. The molecule has 0 spiro atoms. The minimum absolute atomic E-state index is 0.00578. The molecule has 3 atom stereocenters. The van der Waals surface area contributed by atoms with Gasteiger partial charge in [0.05, 0.1) is 18.6 Å². The topological polar surface area (TPSA) is 90.5 Å². The molecule has 0 radical (unpaired) electrons. The van der Waals surface area contributed by atoms with Gasteiger partial charge in [0.25, 0.3) is 10.0 Å². The van der Waals surface area contributed by atoms with Gasteiger partial charge in [0.2, 0.25) is 0 Å². The Bertz CT molecular complexity index is 955. The van der Waals surface area contributed by atoms with Crippen LogP contribution >= 0.6 is 0 Å². The van der Waals surface area contributed by atoms with Gasteiger partial charge in [-0.1, -0.05) is 0 Å². The van der Waals surface area contributed by atoms with Crippen LogP contribution in [0.5, 0.6) is 0 Å². The van der Waals surface area contributed by atoms with E-state index in [-0.39, 0.29) is 11.6 Å². The van der Waals surface area contributed by atoms with Crippen molar-refractivity contribution in [2.24, 2.45) is 5.73 Å². The highest BCUT2D eigenvalue weighted by atomic mass is 32.2. The molecule has 2 aliphatic rings. The smallest absolute Gasteiger partial charge is 0.250 e. The molecule has 0 bridgehead atoms. The quantitative estimate of drug-likeness (QED) is 0.834. The normalized spacial score (nSPS) is 26.3. The first-order valence-electron chi connectivity index (χ1n) is 8.56. The van der Waals surface area contributed by atoms with Crippen molar-refractivity contribution in [3.8, 4) is 0 Å². The third kappa shape index (κ3) is 3.49. The molecule has 0 aliphatic carbocycles. The summed E-state index contributed by atoms with van der Waals surface area (Å²) in [5.41, 5.74) is 7.91.